The van der Waals surface area contributed by atoms with Crippen LogP contribution in [0.1, 0.15) is 24.0 Å². The number of nitrogens with zero attached hydrogens (tertiary/aromatic N) is 1. The van der Waals surface area contributed by atoms with Gasteiger partial charge in [-0.15, -0.1) is 0 Å². The monoisotopic (exact) mass is 320 g/mol. The van der Waals surface area contributed by atoms with E-state index in [1.807, 2.05) is 65.7 Å². The molecule has 1 aliphatic carbocycles. The average Bonchev–Trinajstić information content (AvgIpc) is 3.06. The van der Waals surface area contributed by atoms with Gasteiger partial charge in [-0.2, -0.15) is 0 Å². The zero-order chi connectivity index (χ0) is 16.6. The Labute approximate surface area is 141 Å². The first-order valence-corrected chi connectivity index (χ1v) is 8.37. The number of carbonyl (C=O) groups is 2. The third-order valence-electron chi connectivity index (χ3n) is 5.21. The summed E-state index contributed by atoms with van der Waals surface area (Å²) >= 11 is 0. The zero-order valence-corrected chi connectivity index (χ0v) is 13.4. The number of nitrogens with one attached hydrogen (secondary N) is 1. The molecule has 0 radical (unpaired) electrons. The van der Waals surface area contributed by atoms with E-state index < -0.39 is 5.41 Å². The van der Waals surface area contributed by atoms with Crippen LogP contribution < -0.4 is 5.43 Å². The first-order valence-electron chi connectivity index (χ1n) is 8.37. The van der Waals surface area contributed by atoms with E-state index in [4.69, 9.17) is 0 Å². The van der Waals surface area contributed by atoms with Crippen molar-refractivity contribution in [2.75, 3.05) is 0 Å². The lowest BCUT2D eigenvalue weighted by atomic mass is 9.77. The van der Waals surface area contributed by atoms with Gasteiger partial charge < -0.3 is 0 Å². The van der Waals surface area contributed by atoms with Crippen LogP contribution in [0.4, 0.5) is 0 Å². The molecule has 4 heteroatoms. The molecule has 1 N–H and O–H groups in total. The number of hydrazine groups is 1. The number of Topliss-reactive ketones (excluding diaryl/α,β-unsaturated/α-hetero) is 1. The minimum absolute atomic E-state index is 0.0156. The number of rotatable bonds is 4. The number of benzene rings is 2. The molecule has 0 spiro atoms. The number of amides is 1. The highest BCUT2D eigenvalue weighted by molar-refractivity contribution is 6.00. The van der Waals surface area contributed by atoms with Crippen molar-refractivity contribution < 1.29 is 9.59 Å². The van der Waals surface area contributed by atoms with Crippen molar-refractivity contribution in [1.82, 2.24) is 10.4 Å². The van der Waals surface area contributed by atoms with Crippen LogP contribution >= 0.6 is 0 Å². The van der Waals surface area contributed by atoms with E-state index >= 15 is 0 Å². The highest BCUT2D eigenvalue weighted by Gasteiger charge is 2.60. The molecule has 1 saturated heterocycles. The Balaban J connectivity index is 1.64. The fourth-order valence-electron chi connectivity index (χ4n) is 4.08. The Morgan fingerprint density at radius 3 is 2.25 bits per heavy atom. The van der Waals surface area contributed by atoms with E-state index in [0.29, 0.717) is 25.8 Å². The first kappa shape index (κ1) is 15.1. The van der Waals surface area contributed by atoms with Gasteiger partial charge in [-0.1, -0.05) is 60.7 Å². The quantitative estimate of drug-likeness (QED) is 0.941. The number of ketones is 1. The molecule has 2 atom stereocenters. The second-order valence-electron chi connectivity index (χ2n) is 6.74. The van der Waals surface area contributed by atoms with Crippen molar-refractivity contribution in [3.8, 4) is 0 Å². The molecule has 2 aromatic carbocycles. The van der Waals surface area contributed by atoms with Crippen LogP contribution in [-0.2, 0) is 22.6 Å². The summed E-state index contributed by atoms with van der Waals surface area (Å²) in [5.74, 6) is 0.151. The van der Waals surface area contributed by atoms with Crippen LogP contribution in [0.2, 0.25) is 0 Å². The van der Waals surface area contributed by atoms with Crippen LogP contribution in [0.3, 0.4) is 0 Å². The third-order valence-corrected chi connectivity index (χ3v) is 5.21. The lowest BCUT2D eigenvalue weighted by Gasteiger charge is -2.27. The Hall–Kier alpha value is -2.46. The molecular formula is C20H20N2O2. The maximum Gasteiger partial charge on any atom is 0.243 e. The molecule has 2 aliphatic rings. The predicted octanol–water partition coefficient (Wildman–Crippen LogP) is 2.49. The predicted molar refractivity (Wildman–Crippen MR) is 90.7 cm³/mol. The lowest BCUT2D eigenvalue weighted by Crippen LogP contribution is -2.43. The van der Waals surface area contributed by atoms with E-state index in [1.165, 1.54) is 0 Å². The third kappa shape index (κ3) is 2.43. The summed E-state index contributed by atoms with van der Waals surface area (Å²) < 4.78 is 0. The van der Waals surface area contributed by atoms with Gasteiger partial charge in [0.05, 0.1) is 5.41 Å². The van der Waals surface area contributed by atoms with E-state index in [2.05, 4.69) is 5.43 Å². The summed E-state index contributed by atoms with van der Waals surface area (Å²) in [4.78, 5) is 25.4. The van der Waals surface area contributed by atoms with E-state index in [1.54, 1.807) is 0 Å². The largest absolute Gasteiger partial charge is 0.298 e. The molecule has 2 fully saturated rings. The normalized spacial score (nSPS) is 26.4. The summed E-state index contributed by atoms with van der Waals surface area (Å²) in [5.41, 5.74) is 4.53. The highest BCUT2D eigenvalue weighted by Crippen LogP contribution is 2.45. The maximum absolute atomic E-state index is 12.8. The van der Waals surface area contributed by atoms with Crippen molar-refractivity contribution in [3.63, 3.8) is 0 Å². The van der Waals surface area contributed by atoms with Gasteiger partial charge in [-0.25, -0.2) is 5.01 Å². The SMILES string of the molecule is O=C1CCC2(Cc3ccccc3)C(=O)NN(Cc3ccccc3)C12. The smallest absolute Gasteiger partial charge is 0.243 e. The Morgan fingerprint density at radius 2 is 1.58 bits per heavy atom. The number of hydrogen-bond acceptors (Lipinski definition) is 3. The molecule has 1 heterocycles. The van der Waals surface area contributed by atoms with Crippen molar-refractivity contribution in [2.24, 2.45) is 5.41 Å². The van der Waals surface area contributed by atoms with Crippen molar-refractivity contribution in [2.45, 2.75) is 31.8 Å². The van der Waals surface area contributed by atoms with Crippen molar-refractivity contribution in [1.29, 1.82) is 0 Å². The van der Waals surface area contributed by atoms with Gasteiger partial charge in [-0.05, 0) is 24.0 Å². The Kier molecular flexibility index (Phi) is 3.69. The van der Waals surface area contributed by atoms with E-state index in [-0.39, 0.29) is 17.7 Å². The van der Waals surface area contributed by atoms with Gasteiger partial charge in [0.15, 0.2) is 5.78 Å². The van der Waals surface area contributed by atoms with E-state index in [9.17, 15) is 9.59 Å². The van der Waals surface area contributed by atoms with Gasteiger partial charge in [-0.3, -0.25) is 15.0 Å². The number of hydrogen-bond donors (Lipinski definition) is 1. The minimum atomic E-state index is -0.632. The van der Waals surface area contributed by atoms with Gasteiger partial charge in [0.2, 0.25) is 5.91 Å². The molecule has 24 heavy (non-hydrogen) atoms. The standard InChI is InChI=1S/C20H20N2O2/c23-17-11-12-20(13-15-7-3-1-4-8-15)18(17)22(21-19(20)24)14-16-9-5-2-6-10-16/h1-10,18H,11-14H2,(H,21,24). The second-order valence-corrected chi connectivity index (χ2v) is 6.74. The molecular weight excluding hydrogens is 300 g/mol. The van der Waals surface area contributed by atoms with Crippen LogP contribution in [0, 0.1) is 5.41 Å². The van der Waals surface area contributed by atoms with E-state index in [0.717, 1.165) is 11.1 Å². The van der Waals surface area contributed by atoms with Gasteiger partial charge in [0.25, 0.3) is 0 Å². The highest BCUT2D eigenvalue weighted by atomic mass is 16.2. The van der Waals surface area contributed by atoms with Gasteiger partial charge in [0, 0.05) is 13.0 Å². The zero-order valence-electron chi connectivity index (χ0n) is 13.4. The van der Waals surface area contributed by atoms with Crippen LogP contribution in [-0.4, -0.2) is 22.7 Å². The molecule has 4 nitrogen and oxygen atoms in total. The molecule has 2 unspecified atom stereocenters. The Morgan fingerprint density at radius 1 is 0.958 bits per heavy atom. The molecule has 122 valence electrons. The van der Waals surface area contributed by atoms with Crippen LogP contribution in [0.25, 0.3) is 0 Å². The lowest BCUT2D eigenvalue weighted by molar-refractivity contribution is -0.128. The van der Waals surface area contributed by atoms with Crippen molar-refractivity contribution in [3.05, 3.63) is 71.8 Å². The molecule has 0 bridgehead atoms. The van der Waals surface area contributed by atoms with Crippen LogP contribution in [0.5, 0.6) is 0 Å². The second kappa shape index (κ2) is 5.87. The first-order chi connectivity index (χ1) is 11.7. The van der Waals surface area contributed by atoms with Crippen LogP contribution in [0.15, 0.2) is 60.7 Å². The summed E-state index contributed by atoms with van der Waals surface area (Å²) in [6, 6.07) is 19.6. The fourth-order valence-corrected chi connectivity index (χ4v) is 4.08. The molecule has 1 amide bonds. The number of carbonyl (C=O) groups excluding carboxylic acids is 2. The molecule has 0 aromatic heterocycles. The number of fused-ring (bicyclic) bond motifs is 1. The topological polar surface area (TPSA) is 49.4 Å². The van der Waals surface area contributed by atoms with Gasteiger partial charge in [0.1, 0.15) is 6.04 Å². The van der Waals surface area contributed by atoms with Crippen molar-refractivity contribution >= 4 is 11.7 Å². The molecule has 1 aliphatic heterocycles. The molecule has 4 rings (SSSR count). The molecule has 1 saturated carbocycles. The summed E-state index contributed by atoms with van der Waals surface area (Å²) in [6.45, 7) is 0.555. The molecule has 2 aromatic rings. The summed E-state index contributed by atoms with van der Waals surface area (Å²) in [6.07, 6.45) is 1.72. The Bertz CT molecular complexity index is 760. The van der Waals surface area contributed by atoms with Gasteiger partial charge >= 0.3 is 0 Å². The summed E-state index contributed by atoms with van der Waals surface area (Å²) in [7, 11) is 0. The summed E-state index contributed by atoms with van der Waals surface area (Å²) in [5, 5.41) is 1.84. The maximum atomic E-state index is 12.8. The minimum Gasteiger partial charge on any atom is -0.298 e. The fraction of sp³-hybridized carbons (Fsp3) is 0.300. The average molecular weight is 320 g/mol.